The number of nitrogens with one attached hydrogen (secondary N) is 1. The summed E-state index contributed by atoms with van der Waals surface area (Å²) in [7, 11) is 0. The second-order valence-electron chi connectivity index (χ2n) is 9.84. The van der Waals surface area contributed by atoms with Gasteiger partial charge in [0, 0.05) is 34.6 Å². The van der Waals surface area contributed by atoms with E-state index in [2.05, 4.69) is 53.1 Å². The van der Waals surface area contributed by atoms with Crippen LogP contribution in [0.1, 0.15) is 70.5 Å². The third-order valence-electron chi connectivity index (χ3n) is 6.97. The first kappa shape index (κ1) is 26.8. The average molecular weight is 523 g/mol. The van der Waals surface area contributed by atoms with Gasteiger partial charge >= 0.3 is 0 Å². The maximum atomic E-state index is 13.2. The first-order valence-electron chi connectivity index (χ1n) is 12.8. The molecule has 0 radical (unpaired) electrons. The van der Waals surface area contributed by atoms with Crippen molar-refractivity contribution in [3.63, 3.8) is 0 Å². The minimum absolute atomic E-state index is 0.121. The van der Waals surface area contributed by atoms with Crippen molar-refractivity contribution >= 4 is 22.5 Å². The third kappa shape index (κ3) is 5.86. The smallest absolute Gasteiger partial charge is 0.252 e. The van der Waals surface area contributed by atoms with Gasteiger partial charge in [-0.2, -0.15) is 0 Å². The number of aromatic amines is 1. The van der Waals surface area contributed by atoms with Crippen LogP contribution in [0.3, 0.4) is 0 Å². The summed E-state index contributed by atoms with van der Waals surface area (Å²) >= 11 is 6.57. The second-order valence-corrected chi connectivity index (χ2v) is 10.2. The average Bonchev–Trinajstić information content (AvgIpc) is 3.37. The Hall–Kier alpha value is -3.23. The van der Waals surface area contributed by atoms with Gasteiger partial charge in [-0.25, -0.2) is 4.68 Å². The van der Waals surface area contributed by atoms with Gasteiger partial charge in [0.1, 0.15) is 5.75 Å². The summed E-state index contributed by atoms with van der Waals surface area (Å²) in [6.07, 6.45) is 1.63. The van der Waals surface area contributed by atoms with Crippen molar-refractivity contribution in [3.8, 4) is 5.75 Å². The van der Waals surface area contributed by atoms with Crippen LogP contribution in [0, 0.1) is 0 Å². The van der Waals surface area contributed by atoms with E-state index in [0.29, 0.717) is 30.3 Å². The van der Waals surface area contributed by atoms with Gasteiger partial charge in [-0.1, -0.05) is 43.6 Å². The van der Waals surface area contributed by atoms with E-state index in [1.165, 1.54) is 0 Å². The Morgan fingerprint density at radius 3 is 2.54 bits per heavy atom. The number of ether oxygens (including phenoxy) is 1. The van der Waals surface area contributed by atoms with Gasteiger partial charge in [0.2, 0.25) is 0 Å². The van der Waals surface area contributed by atoms with Crippen molar-refractivity contribution in [2.75, 3.05) is 6.61 Å². The molecule has 4 rings (SSSR count). The first-order valence-corrected chi connectivity index (χ1v) is 13.2. The van der Waals surface area contributed by atoms with Crippen LogP contribution >= 0.6 is 11.6 Å². The van der Waals surface area contributed by atoms with Gasteiger partial charge in [-0.15, -0.1) is 5.10 Å². The number of rotatable bonds is 11. The number of halogens is 1. The van der Waals surface area contributed by atoms with Gasteiger partial charge in [0.25, 0.3) is 5.56 Å². The van der Waals surface area contributed by atoms with Gasteiger partial charge in [-0.3, -0.25) is 9.69 Å². The van der Waals surface area contributed by atoms with Crippen LogP contribution in [0.15, 0.2) is 53.3 Å². The Bertz CT molecular complexity index is 1410. The highest BCUT2D eigenvalue weighted by Crippen LogP contribution is 2.31. The van der Waals surface area contributed by atoms with E-state index in [-0.39, 0.29) is 17.1 Å². The summed E-state index contributed by atoms with van der Waals surface area (Å²) in [5.41, 5.74) is 2.03. The van der Waals surface area contributed by atoms with Crippen LogP contribution in [0.25, 0.3) is 10.9 Å². The molecule has 1 atom stereocenters. The van der Waals surface area contributed by atoms with Crippen LogP contribution in [0.5, 0.6) is 5.75 Å². The van der Waals surface area contributed by atoms with Crippen molar-refractivity contribution in [2.24, 2.45) is 0 Å². The van der Waals surface area contributed by atoms with Crippen molar-refractivity contribution in [3.05, 3.63) is 80.9 Å². The molecule has 0 amide bonds. The summed E-state index contributed by atoms with van der Waals surface area (Å²) < 4.78 is 7.59. The number of hydrogen-bond donors (Lipinski definition) is 1. The largest absolute Gasteiger partial charge is 0.494 e. The zero-order chi connectivity index (χ0) is 26.6. The second kappa shape index (κ2) is 11.4. The van der Waals surface area contributed by atoms with Crippen molar-refractivity contribution in [1.29, 1.82) is 0 Å². The highest BCUT2D eigenvalue weighted by Gasteiger charge is 2.31. The molecule has 0 aliphatic heterocycles. The molecule has 2 aromatic carbocycles. The molecule has 4 aromatic rings. The maximum Gasteiger partial charge on any atom is 0.252 e. The maximum absolute atomic E-state index is 13.2. The molecule has 0 aliphatic carbocycles. The number of H-pyrrole nitrogens is 1. The van der Waals surface area contributed by atoms with E-state index in [0.717, 1.165) is 40.9 Å². The molecule has 0 unspecified atom stereocenters. The topological polar surface area (TPSA) is 88.9 Å². The van der Waals surface area contributed by atoms with Gasteiger partial charge in [0.15, 0.2) is 5.82 Å². The highest BCUT2D eigenvalue weighted by molar-refractivity contribution is 6.31. The molecule has 0 saturated heterocycles. The predicted molar refractivity (Wildman–Crippen MR) is 147 cm³/mol. The van der Waals surface area contributed by atoms with Crippen LogP contribution in [0.2, 0.25) is 5.02 Å². The van der Waals surface area contributed by atoms with Crippen LogP contribution < -0.4 is 10.3 Å². The summed E-state index contributed by atoms with van der Waals surface area (Å²) in [4.78, 5) is 18.5. The zero-order valence-corrected chi connectivity index (χ0v) is 22.9. The number of nitrogens with zero attached hydrogens (tertiary/aromatic N) is 5. The monoisotopic (exact) mass is 522 g/mol. The first-order chi connectivity index (χ1) is 17.8. The van der Waals surface area contributed by atoms with E-state index in [1.54, 1.807) is 0 Å². The Kier molecular flexibility index (Phi) is 8.29. The van der Waals surface area contributed by atoms with Gasteiger partial charge < -0.3 is 9.72 Å². The number of benzene rings is 2. The molecule has 9 heteroatoms. The normalized spacial score (nSPS) is 12.8. The number of fused-ring (bicyclic) bond motifs is 1. The molecular weight excluding hydrogens is 488 g/mol. The fourth-order valence-electron chi connectivity index (χ4n) is 4.53. The predicted octanol–water partition coefficient (Wildman–Crippen LogP) is 5.87. The van der Waals surface area contributed by atoms with Gasteiger partial charge in [0.05, 0.1) is 18.2 Å². The SMILES string of the molecule is CCOc1ccc2[nH]c(=O)c(CN(Cc3ccccc3Cl)[C@@H](CC)c3nnnn3C(C)(C)CC)cc2c1. The van der Waals surface area contributed by atoms with Crippen LogP contribution in [-0.4, -0.2) is 36.7 Å². The third-order valence-corrected chi connectivity index (χ3v) is 7.33. The minimum atomic E-state index is -0.252. The van der Waals surface area contributed by atoms with E-state index >= 15 is 0 Å². The Morgan fingerprint density at radius 1 is 1.08 bits per heavy atom. The van der Waals surface area contributed by atoms with E-state index in [4.69, 9.17) is 16.3 Å². The molecule has 2 heterocycles. The van der Waals surface area contributed by atoms with Crippen molar-refractivity contribution in [1.82, 2.24) is 30.1 Å². The van der Waals surface area contributed by atoms with Gasteiger partial charge in [-0.05, 0) is 79.9 Å². The standard InChI is InChI=1S/C28H35ClN6O2/c1-6-25(26-31-32-33-35(26)28(4,5)7-2)34(17-19-11-9-10-12-23(19)29)18-21-15-20-16-22(37-8-3)13-14-24(20)30-27(21)36/h9-16,25H,6-8,17-18H2,1-5H3,(H,30,36)/t25-/m0/s1. The van der Waals surface area contributed by atoms with Crippen LogP contribution in [0.4, 0.5) is 0 Å². The number of tetrazole rings is 1. The van der Waals surface area contributed by atoms with E-state index < -0.39 is 0 Å². The molecule has 196 valence electrons. The molecule has 37 heavy (non-hydrogen) atoms. The van der Waals surface area contributed by atoms with Crippen molar-refractivity contribution < 1.29 is 4.74 Å². The number of pyridine rings is 1. The lowest BCUT2D eigenvalue weighted by Crippen LogP contribution is -2.36. The molecule has 0 saturated carbocycles. The molecule has 0 bridgehead atoms. The Morgan fingerprint density at radius 2 is 1.84 bits per heavy atom. The summed E-state index contributed by atoms with van der Waals surface area (Å²) in [6, 6.07) is 15.3. The zero-order valence-electron chi connectivity index (χ0n) is 22.2. The summed E-state index contributed by atoms with van der Waals surface area (Å²) in [5.74, 6) is 1.55. The fourth-order valence-corrected chi connectivity index (χ4v) is 4.73. The lowest BCUT2D eigenvalue weighted by Gasteiger charge is -2.33. The quantitative estimate of drug-likeness (QED) is 0.265. The molecule has 0 fully saturated rings. The number of hydrogen-bond acceptors (Lipinski definition) is 6. The van der Waals surface area contributed by atoms with Crippen molar-refractivity contribution in [2.45, 2.75) is 72.1 Å². The molecule has 0 aliphatic rings. The van der Waals surface area contributed by atoms with E-state index in [9.17, 15) is 4.79 Å². The molecule has 1 N–H and O–H groups in total. The fraction of sp³-hybridized carbons (Fsp3) is 0.429. The highest BCUT2D eigenvalue weighted by atomic mass is 35.5. The van der Waals surface area contributed by atoms with Crippen LogP contribution in [-0.2, 0) is 18.6 Å². The lowest BCUT2D eigenvalue weighted by atomic mass is 10.0. The minimum Gasteiger partial charge on any atom is -0.494 e. The summed E-state index contributed by atoms with van der Waals surface area (Å²) in [6.45, 7) is 12.0. The lowest BCUT2D eigenvalue weighted by molar-refractivity contribution is 0.150. The molecule has 8 nitrogen and oxygen atoms in total. The molecule has 0 spiro atoms. The summed E-state index contributed by atoms with van der Waals surface area (Å²) in [5, 5.41) is 14.4. The Balaban J connectivity index is 1.78. The molecular formula is C28H35ClN6O2. The number of aromatic nitrogens is 5. The molecule has 2 aromatic heterocycles. The van der Waals surface area contributed by atoms with E-state index in [1.807, 2.05) is 60.1 Å². The Labute approximate surface area is 222 Å².